The molecule has 2 heterocycles. The number of hydrogen-bond donors (Lipinski definition) is 1. The Labute approximate surface area is 140 Å². The molecule has 0 spiro atoms. The highest BCUT2D eigenvalue weighted by Crippen LogP contribution is 2.16. The molecule has 1 unspecified atom stereocenters. The molecule has 24 heavy (non-hydrogen) atoms. The number of piperazine rings is 1. The van der Waals surface area contributed by atoms with Gasteiger partial charge in [-0.3, -0.25) is 19.2 Å². The van der Waals surface area contributed by atoms with Gasteiger partial charge in [0.2, 0.25) is 5.91 Å². The van der Waals surface area contributed by atoms with Gasteiger partial charge in [-0.2, -0.15) is 5.10 Å². The number of carbonyl (C=O) groups is 2. The molecule has 2 amide bonds. The molecule has 1 aliphatic heterocycles. The monoisotopic (exact) mass is 327 g/mol. The molecule has 0 bridgehead atoms. The van der Waals surface area contributed by atoms with E-state index in [0.717, 1.165) is 5.56 Å². The number of amides is 2. The third-order valence-corrected chi connectivity index (χ3v) is 4.38. The van der Waals surface area contributed by atoms with Gasteiger partial charge in [-0.15, -0.1) is 0 Å². The fourth-order valence-electron chi connectivity index (χ4n) is 3.03. The minimum Gasteiger partial charge on any atom is -0.368 e. The van der Waals surface area contributed by atoms with Gasteiger partial charge in [-0.1, -0.05) is 30.3 Å². The van der Waals surface area contributed by atoms with Crippen molar-refractivity contribution in [3.8, 4) is 0 Å². The summed E-state index contributed by atoms with van der Waals surface area (Å²) in [6.07, 6.45) is 1.59. The summed E-state index contributed by atoms with van der Waals surface area (Å²) in [7, 11) is 1.73. The minimum atomic E-state index is -0.490. The van der Waals surface area contributed by atoms with Gasteiger partial charge in [0.05, 0.1) is 0 Å². The van der Waals surface area contributed by atoms with Crippen LogP contribution in [0.4, 0.5) is 0 Å². The van der Waals surface area contributed by atoms with Gasteiger partial charge in [-0.25, -0.2) is 0 Å². The van der Waals surface area contributed by atoms with Crippen molar-refractivity contribution in [2.75, 3.05) is 19.6 Å². The molecular weight excluding hydrogens is 306 g/mol. The van der Waals surface area contributed by atoms with E-state index in [-0.39, 0.29) is 5.91 Å². The first kappa shape index (κ1) is 16.2. The van der Waals surface area contributed by atoms with Crippen LogP contribution in [0.5, 0.6) is 0 Å². The lowest BCUT2D eigenvalue weighted by atomic mass is 10.1. The number of benzene rings is 1. The van der Waals surface area contributed by atoms with Gasteiger partial charge >= 0.3 is 0 Å². The van der Waals surface area contributed by atoms with E-state index in [2.05, 4.69) is 5.10 Å². The quantitative estimate of drug-likeness (QED) is 0.871. The molecule has 2 N–H and O–H groups in total. The van der Waals surface area contributed by atoms with Crippen LogP contribution < -0.4 is 5.73 Å². The second-order valence-electron chi connectivity index (χ2n) is 5.97. The maximum absolute atomic E-state index is 12.6. The second-order valence-corrected chi connectivity index (χ2v) is 5.97. The fourth-order valence-corrected chi connectivity index (χ4v) is 3.03. The Morgan fingerprint density at radius 2 is 1.96 bits per heavy atom. The van der Waals surface area contributed by atoms with Crippen LogP contribution in [0.15, 0.2) is 42.6 Å². The smallest absolute Gasteiger partial charge is 0.272 e. The van der Waals surface area contributed by atoms with Crippen LogP contribution in [0.3, 0.4) is 0 Å². The van der Waals surface area contributed by atoms with Gasteiger partial charge in [0, 0.05) is 39.4 Å². The predicted molar refractivity (Wildman–Crippen MR) is 88.9 cm³/mol. The van der Waals surface area contributed by atoms with Crippen molar-refractivity contribution < 1.29 is 9.59 Å². The molecule has 2 aromatic rings. The molecule has 126 valence electrons. The van der Waals surface area contributed by atoms with Crippen LogP contribution in [-0.4, -0.2) is 57.1 Å². The first-order valence-electron chi connectivity index (χ1n) is 7.91. The van der Waals surface area contributed by atoms with Crippen molar-refractivity contribution in [1.82, 2.24) is 19.6 Å². The van der Waals surface area contributed by atoms with E-state index >= 15 is 0 Å². The van der Waals surface area contributed by atoms with Crippen LogP contribution >= 0.6 is 0 Å². The first-order chi connectivity index (χ1) is 11.6. The number of nitrogens with two attached hydrogens (primary N) is 1. The Morgan fingerprint density at radius 1 is 1.21 bits per heavy atom. The summed E-state index contributed by atoms with van der Waals surface area (Å²) >= 11 is 0. The summed E-state index contributed by atoms with van der Waals surface area (Å²) in [6, 6.07) is 11.1. The second kappa shape index (κ2) is 6.84. The lowest BCUT2D eigenvalue weighted by Crippen LogP contribution is -2.59. The van der Waals surface area contributed by atoms with Crippen molar-refractivity contribution in [2.24, 2.45) is 12.8 Å². The molecule has 3 rings (SSSR count). The molecule has 0 saturated carbocycles. The Hall–Kier alpha value is -2.67. The Morgan fingerprint density at radius 3 is 2.58 bits per heavy atom. The topological polar surface area (TPSA) is 84.5 Å². The van der Waals surface area contributed by atoms with Gasteiger partial charge in [0.15, 0.2) is 0 Å². The Bertz CT molecular complexity index is 728. The molecule has 1 atom stereocenters. The average Bonchev–Trinajstić information content (AvgIpc) is 3.01. The van der Waals surface area contributed by atoms with E-state index in [9.17, 15) is 9.59 Å². The standard InChI is InChI=1S/C17H21N5O2/c1-20-14(7-8-19-20)17(24)22-10-9-21(15(12-22)16(18)23)11-13-5-3-2-4-6-13/h2-8,15H,9-12H2,1H3,(H2,18,23). The van der Waals surface area contributed by atoms with Crippen LogP contribution in [0.2, 0.25) is 0 Å². The van der Waals surface area contributed by atoms with Crippen LogP contribution in [0, 0.1) is 0 Å². The number of carbonyl (C=O) groups excluding carboxylic acids is 2. The molecule has 7 heteroatoms. The summed E-state index contributed by atoms with van der Waals surface area (Å²) in [6.45, 7) is 2.10. The molecule has 7 nitrogen and oxygen atoms in total. The maximum Gasteiger partial charge on any atom is 0.272 e. The van der Waals surface area contributed by atoms with E-state index in [1.807, 2.05) is 35.2 Å². The van der Waals surface area contributed by atoms with E-state index in [1.54, 1.807) is 24.2 Å². The lowest BCUT2D eigenvalue weighted by molar-refractivity contribution is -0.125. The molecule has 1 saturated heterocycles. The number of aryl methyl sites for hydroxylation is 1. The van der Waals surface area contributed by atoms with Crippen LogP contribution in [0.25, 0.3) is 0 Å². The number of primary amides is 1. The molecule has 0 aliphatic carbocycles. The molecule has 1 aliphatic rings. The van der Waals surface area contributed by atoms with E-state index in [4.69, 9.17) is 5.73 Å². The van der Waals surface area contributed by atoms with Gasteiger partial charge in [0.1, 0.15) is 11.7 Å². The highest BCUT2D eigenvalue weighted by molar-refractivity contribution is 5.93. The normalized spacial score (nSPS) is 18.5. The summed E-state index contributed by atoms with van der Waals surface area (Å²) in [5.74, 6) is -0.533. The highest BCUT2D eigenvalue weighted by atomic mass is 16.2. The van der Waals surface area contributed by atoms with Crippen molar-refractivity contribution in [2.45, 2.75) is 12.6 Å². The fraction of sp³-hybridized carbons (Fsp3) is 0.353. The zero-order valence-electron chi connectivity index (χ0n) is 13.6. The van der Waals surface area contributed by atoms with E-state index in [0.29, 0.717) is 31.9 Å². The summed E-state index contributed by atoms with van der Waals surface area (Å²) < 4.78 is 1.54. The number of rotatable bonds is 4. The SMILES string of the molecule is Cn1nccc1C(=O)N1CCN(Cc2ccccc2)C(C(N)=O)C1. The highest BCUT2D eigenvalue weighted by Gasteiger charge is 2.33. The largest absolute Gasteiger partial charge is 0.368 e. The van der Waals surface area contributed by atoms with E-state index in [1.165, 1.54) is 4.68 Å². The molecule has 1 aromatic heterocycles. The van der Waals surface area contributed by atoms with Gasteiger partial charge in [0.25, 0.3) is 5.91 Å². The zero-order chi connectivity index (χ0) is 17.1. The third kappa shape index (κ3) is 3.30. The van der Waals surface area contributed by atoms with Crippen LogP contribution in [0.1, 0.15) is 16.1 Å². The summed E-state index contributed by atoms with van der Waals surface area (Å²) in [5.41, 5.74) is 7.22. The molecule has 1 aromatic carbocycles. The summed E-state index contributed by atoms with van der Waals surface area (Å²) in [4.78, 5) is 28.2. The van der Waals surface area contributed by atoms with Crippen molar-refractivity contribution in [3.63, 3.8) is 0 Å². The van der Waals surface area contributed by atoms with Crippen LogP contribution in [-0.2, 0) is 18.4 Å². The maximum atomic E-state index is 12.6. The van der Waals surface area contributed by atoms with E-state index < -0.39 is 11.9 Å². The number of hydrogen-bond acceptors (Lipinski definition) is 4. The van der Waals surface area contributed by atoms with Gasteiger partial charge < -0.3 is 10.6 Å². The number of nitrogens with zero attached hydrogens (tertiary/aromatic N) is 4. The Balaban J connectivity index is 1.73. The molecular formula is C17H21N5O2. The zero-order valence-corrected chi connectivity index (χ0v) is 13.6. The van der Waals surface area contributed by atoms with Crippen molar-refractivity contribution >= 4 is 11.8 Å². The minimum absolute atomic E-state index is 0.124. The lowest BCUT2D eigenvalue weighted by Gasteiger charge is -2.39. The van der Waals surface area contributed by atoms with Crippen molar-refractivity contribution in [1.29, 1.82) is 0 Å². The Kier molecular flexibility index (Phi) is 4.61. The summed E-state index contributed by atoms with van der Waals surface area (Å²) in [5, 5.41) is 4.02. The average molecular weight is 327 g/mol. The predicted octanol–water partition coefficient (Wildman–Crippen LogP) is 0.232. The first-order valence-corrected chi connectivity index (χ1v) is 7.91. The number of aromatic nitrogens is 2. The van der Waals surface area contributed by atoms with Crippen molar-refractivity contribution in [3.05, 3.63) is 53.9 Å². The molecule has 1 fully saturated rings. The third-order valence-electron chi connectivity index (χ3n) is 4.38. The molecule has 0 radical (unpaired) electrons. The van der Waals surface area contributed by atoms with Gasteiger partial charge in [-0.05, 0) is 11.6 Å².